The van der Waals surface area contributed by atoms with Crippen molar-refractivity contribution in [3.05, 3.63) is 102 Å². The van der Waals surface area contributed by atoms with E-state index in [0.717, 1.165) is 6.08 Å². The van der Waals surface area contributed by atoms with Gasteiger partial charge in [0.05, 0.1) is 37.0 Å². The van der Waals surface area contributed by atoms with Gasteiger partial charge < -0.3 is 37.9 Å². The van der Waals surface area contributed by atoms with Crippen LogP contribution in [0.3, 0.4) is 0 Å². The number of methoxy groups -OCH3 is 1. The minimum atomic E-state index is -0.992. The topological polar surface area (TPSA) is 159 Å². The molecule has 48 heavy (non-hydrogen) atoms. The van der Waals surface area contributed by atoms with Gasteiger partial charge in [0.25, 0.3) is 0 Å². The number of hydrogen-bond acceptors (Lipinski definition) is 13. The SMILES string of the molecule is C=CC(=O)CO[C@H](C)C(=O)Oc1ccc(C(=O)Oc2ccc(C(=O)O[C@@H]3CO[C@H]4[C@@H]3OC[C@H]4OC(=O)c3ccc(OC)cc3)cc2)cc1. The highest BCUT2D eigenvalue weighted by molar-refractivity contribution is 5.93. The van der Waals surface area contributed by atoms with Crippen LogP contribution in [0.25, 0.3) is 0 Å². The van der Waals surface area contributed by atoms with E-state index in [1.54, 1.807) is 24.3 Å². The lowest BCUT2D eigenvalue weighted by Crippen LogP contribution is -2.36. The summed E-state index contributed by atoms with van der Waals surface area (Å²) < 4.78 is 43.6. The normalized spacial score (nSPS) is 20.1. The van der Waals surface area contributed by atoms with Gasteiger partial charge in [-0.1, -0.05) is 6.58 Å². The van der Waals surface area contributed by atoms with Gasteiger partial charge in [-0.3, -0.25) is 4.79 Å². The molecule has 2 heterocycles. The highest BCUT2D eigenvalue weighted by Crippen LogP contribution is 2.32. The summed E-state index contributed by atoms with van der Waals surface area (Å²) in [4.78, 5) is 61.5. The molecule has 2 fully saturated rings. The molecule has 2 aliphatic rings. The summed E-state index contributed by atoms with van der Waals surface area (Å²) in [7, 11) is 1.53. The average Bonchev–Trinajstić information content (AvgIpc) is 3.70. The minimum Gasteiger partial charge on any atom is -0.497 e. The molecular formula is C35H32O13. The van der Waals surface area contributed by atoms with Crippen molar-refractivity contribution in [2.45, 2.75) is 37.4 Å². The van der Waals surface area contributed by atoms with Crippen LogP contribution in [0, 0.1) is 0 Å². The fourth-order valence-electron chi connectivity index (χ4n) is 4.79. The third kappa shape index (κ3) is 8.31. The van der Waals surface area contributed by atoms with Crippen LogP contribution in [0.5, 0.6) is 17.2 Å². The quantitative estimate of drug-likeness (QED) is 0.149. The predicted molar refractivity (Wildman–Crippen MR) is 165 cm³/mol. The Kier molecular flexibility index (Phi) is 11.0. The van der Waals surface area contributed by atoms with Gasteiger partial charge in [0.15, 0.2) is 24.1 Å². The Morgan fingerprint density at radius 1 is 0.708 bits per heavy atom. The molecule has 0 radical (unpaired) electrons. The first kappa shape index (κ1) is 34.0. The van der Waals surface area contributed by atoms with E-state index in [1.165, 1.54) is 62.6 Å². The van der Waals surface area contributed by atoms with Crippen LogP contribution < -0.4 is 14.2 Å². The maximum atomic E-state index is 12.9. The van der Waals surface area contributed by atoms with E-state index in [-0.39, 0.29) is 48.2 Å². The summed E-state index contributed by atoms with van der Waals surface area (Å²) in [5.74, 6) is -1.99. The molecule has 0 N–H and O–H groups in total. The van der Waals surface area contributed by atoms with Gasteiger partial charge >= 0.3 is 23.9 Å². The van der Waals surface area contributed by atoms with Crippen molar-refractivity contribution < 1.29 is 61.9 Å². The van der Waals surface area contributed by atoms with Crippen molar-refractivity contribution in [2.24, 2.45) is 0 Å². The second-order valence-corrected chi connectivity index (χ2v) is 10.7. The molecule has 0 saturated carbocycles. The molecule has 5 rings (SSSR count). The van der Waals surface area contributed by atoms with Crippen LogP contribution in [0.15, 0.2) is 85.5 Å². The number of esters is 4. The Bertz CT molecular complexity index is 1650. The summed E-state index contributed by atoms with van der Waals surface area (Å²) in [5.41, 5.74) is 0.735. The van der Waals surface area contributed by atoms with E-state index in [9.17, 15) is 24.0 Å². The number of ketones is 1. The number of carbonyl (C=O) groups is 5. The van der Waals surface area contributed by atoms with Crippen molar-refractivity contribution in [2.75, 3.05) is 26.9 Å². The first-order chi connectivity index (χ1) is 23.1. The van der Waals surface area contributed by atoms with E-state index in [4.69, 9.17) is 37.9 Å². The van der Waals surface area contributed by atoms with Crippen LogP contribution >= 0.6 is 0 Å². The highest BCUT2D eigenvalue weighted by atomic mass is 16.7. The molecular weight excluding hydrogens is 628 g/mol. The molecule has 0 spiro atoms. The minimum absolute atomic E-state index is 0.0644. The second-order valence-electron chi connectivity index (χ2n) is 10.7. The van der Waals surface area contributed by atoms with Gasteiger partial charge in [-0.25, -0.2) is 19.2 Å². The Balaban J connectivity index is 1.08. The Hall–Kier alpha value is -5.37. The number of benzene rings is 3. The summed E-state index contributed by atoms with van der Waals surface area (Å²) >= 11 is 0. The van der Waals surface area contributed by atoms with E-state index in [0.29, 0.717) is 11.3 Å². The van der Waals surface area contributed by atoms with Crippen LogP contribution in [0.1, 0.15) is 38.0 Å². The first-order valence-corrected chi connectivity index (χ1v) is 14.8. The maximum Gasteiger partial charge on any atom is 0.343 e. The molecule has 250 valence electrons. The van der Waals surface area contributed by atoms with Gasteiger partial charge in [-0.05, 0) is 85.8 Å². The lowest BCUT2D eigenvalue weighted by molar-refractivity contribution is -0.147. The fraction of sp³-hybridized carbons (Fsp3) is 0.286. The molecule has 13 nitrogen and oxygen atoms in total. The van der Waals surface area contributed by atoms with Gasteiger partial charge in [0.1, 0.15) is 36.1 Å². The third-order valence-corrected chi connectivity index (χ3v) is 7.45. The molecule has 3 aromatic carbocycles. The van der Waals surface area contributed by atoms with Crippen molar-refractivity contribution in [1.29, 1.82) is 0 Å². The van der Waals surface area contributed by atoms with Crippen LogP contribution in [0.4, 0.5) is 0 Å². The van der Waals surface area contributed by atoms with Crippen molar-refractivity contribution in [3.8, 4) is 17.2 Å². The van der Waals surface area contributed by atoms with E-state index in [2.05, 4.69) is 6.58 Å². The van der Waals surface area contributed by atoms with E-state index in [1.807, 2.05) is 0 Å². The molecule has 0 amide bonds. The average molecular weight is 661 g/mol. The number of carbonyl (C=O) groups excluding carboxylic acids is 5. The first-order valence-electron chi connectivity index (χ1n) is 14.8. The number of fused-ring (bicyclic) bond motifs is 1. The summed E-state index contributed by atoms with van der Waals surface area (Å²) in [6.07, 6.45) is -2.49. The lowest BCUT2D eigenvalue weighted by atomic mass is 10.1. The number of ether oxygens (including phenoxy) is 8. The highest BCUT2D eigenvalue weighted by Gasteiger charge is 2.51. The Morgan fingerprint density at radius 3 is 1.60 bits per heavy atom. The molecule has 5 atom stereocenters. The van der Waals surface area contributed by atoms with Crippen molar-refractivity contribution >= 4 is 29.7 Å². The summed E-state index contributed by atoms with van der Waals surface area (Å²) in [6.45, 7) is 4.63. The lowest BCUT2D eigenvalue weighted by Gasteiger charge is -2.17. The number of rotatable bonds is 13. The van der Waals surface area contributed by atoms with Gasteiger partial charge in [-0.15, -0.1) is 0 Å². The van der Waals surface area contributed by atoms with E-state index >= 15 is 0 Å². The molecule has 0 unspecified atom stereocenters. The second kappa shape index (κ2) is 15.5. The molecule has 0 bridgehead atoms. The van der Waals surface area contributed by atoms with Crippen molar-refractivity contribution in [3.63, 3.8) is 0 Å². The zero-order valence-electron chi connectivity index (χ0n) is 26.0. The Morgan fingerprint density at radius 2 is 1.15 bits per heavy atom. The zero-order valence-corrected chi connectivity index (χ0v) is 26.0. The molecule has 0 aliphatic carbocycles. The summed E-state index contributed by atoms with van der Waals surface area (Å²) in [6, 6.07) is 17.9. The van der Waals surface area contributed by atoms with Crippen molar-refractivity contribution in [1.82, 2.24) is 0 Å². The van der Waals surface area contributed by atoms with Crippen LogP contribution in [-0.4, -0.2) is 87.1 Å². The summed E-state index contributed by atoms with van der Waals surface area (Å²) in [5, 5.41) is 0. The third-order valence-electron chi connectivity index (χ3n) is 7.45. The monoisotopic (exact) mass is 660 g/mol. The largest absolute Gasteiger partial charge is 0.497 e. The molecule has 0 aromatic heterocycles. The fourth-order valence-corrected chi connectivity index (χ4v) is 4.79. The number of hydrogen-bond donors (Lipinski definition) is 0. The molecule has 2 aliphatic heterocycles. The molecule has 2 saturated heterocycles. The zero-order chi connectivity index (χ0) is 34.2. The predicted octanol–water partition coefficient (Wildman–Crippen LogP) is 3.53. The van der Waals surface area contributed by atoms with E-state index < -0.39 is 54.4 Å². The Labute approximate surface area is 275 Å². The maximum absolute atomic E-state index is 12.9. The van der Waals surface area contributed by atoms with Gasteiger partial charge in [-0.2, -0.15) is 0 Å². The van der Waals surface area contributed by atoms with Gasteiger partial charge in [0, 0.05) is 0 Å². The van der Waals surface area contributed by atoms with Crippen LogP contribution in [-0.2, 0) is 33.3 Å². The van der Waals surface area contributed by atoms with Crippen LogP contribution in [0.2, 0.25) is 0 Å². The molecule has 3 aromatic rings. The molecule has 13 heteroatoms. The van der Waals surface area contributed by atoms with Gasteiger partial charge in [0.2, 0.25) is 0 Å². The smallest absolute Gasteiger partial charge is 0.343 e. The standard InChI is InChI=1S/C35H32O13/c1-4-24(36)17-42-20(2)32(37)45-26-13-7-21(8-14-26)33(38)46-27-15-9-23(10-16-27)35(40)48-29-19-44-30-28(18-43-31(29)30)47-34(39)22-5-11-25(41-3)12-6-22/h4-16,20,28-31H,1,17-19H2,2-3H3/t20-,28-,29-,30-,31-/m1/s1.